The van der Waals surface area contributed by atoms with E-state index in [-0.39, 0.29) is 17.5 Å². The van der Waals surface area contributed by atoms with Crippen molar-refractivity contribution in [3.05, 3.63) is 54.9 Å². The van der Waals surface area contributed by atoms with Gasteiger partial charge in [0.15, 0.2) is 5.75 Å². The van der Waals surface area contributed by atoms with E-state index in [0.29, 0.717) is 22.9 Å². The average molecular weight is 324 g/mol. The van der Waals surface area contributed by atoms with Gasteiger partial charge in [0.25, 0.3) is 11.8 Å². The molecule has 24 heavy (non-hydrogen) atoms. The largest absolute Gasteiger partial charge is 0.487 e. The van der Waals surface area contributed by atoms with Crippen molar-refractivity contribution in [3.63, 3.8) is 0 Å². The second-order valence-corrected chi connectivity index (χ2v) is 4.83. The van der Waals surface area contributed by atoms with Crippen molar-refractivity contribution in [2.45, 2.75) is 0 Å². The van der Waals surface area contributed by atoms with Crippen LogP contribution < -0.4 is 25.7 Å². The summed E-state index contributed by atoms with van der Waals surface area (Å²) in [5.74, 6) is 1.72. The van der Waals surface area contributed by atoms with Gasteiger partial charge in [-0.05, 0) is 30.3 Å². The van der Waals surface area contributed by atoms with Gasteiger partial charge in [0, 0.05) is 5.69 Å². The molecule has 3 aromatic rings. The minimum atomic E-state index is 0.190. The fourth-order valence-corrected chi connectivity index (χ4v) is 2.03. The molecule has 0 fully saturated rings. The number of benzene rings is 2. The summed E-state index contributed by atoms with van der Waals surface area (Å²) in [4.78, 5) is 8.18. The Morgan fingerprint density at radius 2 is 1.58 bits per heavy atom. The van der Waals surface area contributed by atoms with E-state index in [2.05, 4.69) is 9.97 Å². The fraction of sp³-hybridized carbons (Fsp3) is 0.0588. The lowest BCUT2D eigenvalue weighted by Crippen LogP contribution is -2.00. The van der Waals surface area contributed by atoms with Crippen LogP contribution in [0.5, 0.6) is 29.0 Å². The Bertz CT molecular complexity index is 840. The molecule has 1 heterocycles. The molecule has 0 aliphatic rings. The molecule has 0 saturated heterocycles. The van der Waals surface area contributed by atoms with Crippen LogP contribution in [0.15, 0.2) is 54.9 Å². The number of nitrogens with two attached hydrogens (primary N) is 2. The highest BCUT2D eigenvalue weighted by atomic mass is 16.5. The van der Waals surface area contributed by atoms with Crippen LogP contribution in [0.1, 0.15) is 0 Å². The summed E-state index contributed by atoms with van der Waals surface area (Å²) in [5, 5.41) is 0. The van der Waals surface area contributed by atoms with Crippen LogP contribution in [0.4, 0.5) is 11.4 Å². The number of ether oxygens (including phenoxy) is 3. The second kappa shape index (κ2) is 6.74. The average Bonchev–Trinajstić information content (AvgIpc) is 2.58. The first-order valence-corrected chi connectivity index (χ1v) is 7.12. The number of aromatic nitrogens is 2. The van der Waals surface area contributed by atoms with Gasteiger partial charge >= 0.3 is 0 Å². The van der Waals surface area contributed by atoms with Crippen molar-refractivity contribution in [2.75, 3.05) is 18.6 Å². The fourth-order valence-electron chi connectivity index (χ4n) is 2.03. The Labute approximate surface area is 138 Å². The van der Waals surface area contributed by atoms with Crippen LogP contribution in [0, 0.1) is 0 Å². The highest BCUT2D eigenvalue weighted by molar-refractivity contribution is 5.62. The first kappa shape index (κ1) is 15.4. The third-order valence-corrected chi connectivity index (χ3v) is 3.14. The summed E-state index contributed by atoms with van der Waals surface area (Å²) in [6, 6.07) is 14.2. The van der Waals surface area contributed by atoms with Crippen molar-refractivity contribution in [3.8, 4) is 29.0 Å². The molecular formula is C17H16N4O3. The highest BCUT2D eigenvalue weighted by Gasteiger charge is 2.17. The summed E-state index contributed by atoms with van der Waals surface area (Å²) in [6.45, 7) is 0. The molecule has 122 valence electrons. The highest BCUT2D eigenvalue weighted by Crippen LogP contribution is 2.39. The van der Waals surface area contributed by atoms with E-state index in [0.717, 1.165) is 0 Å². The lowest BCUT2D eigenvalue weighted by Gasteiger charge is -2.13. The standard InChI is InChI=1S/C17H16N4O3/c1-22-15-16(23-12-5-3-2-4-6-12)20-10-21-17(15)24-14-8-7-11(18)9-13(14)19/h2-10H,18-19H2,1H3. The number of anilines is 2. The van der Waals surface area contributed by atoms with Gasteiger partial charge in [-0.1, -0.05) is 18.2 Å². The van der Waals surface area contributed by atoms with E-state index in [9.17, 15) is 0 Å². The Kier molecular flexibility index (Phi) is 4.33. The molecule has 0 amide bonds. The molecule has 7 heteroatoms. The molecule has 0 spiro atoms. The smallest absolute Gasteiger partial charge is 0.269 e. The van der Waals surface area contributed by atoms with E-state index in [1.165, 1.54) is 13.4 Å². The molecule has 0 aliphatic heterocycles. The van der Waals surface area contributed by atoms with E-state index >= 15 is 0 Å². The van der Waals surface area contributed by atoms with Crippen LogP contribution in [0.2, 0.25) is 0 Å². The normalized spacial score (nSPS) is 10.2. The number of nitrogens with zero attached hydrogens (tertiary/aromatic N) is 2. The van der Waals surface area contributed by atoms with Gasteiger partial charge in [-0.2, -0.15) is 9.97 Å². The number of rotatable bonds is 5. The molecule has 0 radical (unpaired) electrons. The zero-order valence-corrected chi connectivity index (χ0v) is 13.0. The molecular weight excluding hydrogens is 308 g/mol. The maximum absolute atomic E-state index is 5.90. The monoisotopic (exact) mass is 324 g/mol. The van der Waals surface area contributed by atoms with Crippen molar-refractivity contribution in [2.24, 2.45) is 0 Å². The number of methoxy groups -OCH3 is 1. The number of hydrogen-bond donors (Lipinski definition) is 2. The van der Waals surface area contributed by atoms with E-state index < -0.39 is 0 Å². The number of hydrogen-bond acceptors (Lipinski definition) is 7. The van der Waals surface area contributed by atoms with Crippen LogP contribution in [-0.4, -0.2) is 17.1 Å². The Hall–Kier alpha value is -3.48. The molecule has 1 aromatic heterocycles. The van der Waals surface area contributed by atoms with Crippen molar-refractivity contribution in [1.29, 1.82) is 0 Å². The topological polar surface area (TPSA) is 106 Å². The predicted molar refractivity (Wildman–Crippen MR) is 90.4 cm³/mol. The third kappa shape index (κ3) is 3.30. The van der Waals surface area contributed by atoms with Gasteiger partial charge in [-0.15, -0.1) is 0 Å². The number of para-hydroxylation sites is 1. The van der Waals surface area contributed by atoms with Crippen LogP contribution in [-0.2, 0) is 0 Å². The van der Waals surface area contributed by atoms with E-state index in [4.69, 9.17) is 25.7 Å². The van der Waals surface area contributed by atoms with Crippen molar-refractivity contribution < 1.29 is 14.2 Å². The summed E-state index contributed by atoms with van der Waals surface area (Å²) in [6.07, 6.45) is 1.32. The molecule has 0 aliphatic carbocycles. The van der Waals surface area contributed by atoms with Gasteiger partial charge in [-0.3, -0.25) is 0 Å². The molecule has 0 saturated carbocycles. The van der Waals surface area contributed by atoms with Gasteiger partial charge in [-0.25, -0.2) is 0 Å². The second-order valence-electron chi connectivity index (χ2n) is 4.83. The summed E-state index contributed by atoms with van der Waals surface area (Å²) < 4.78 is 16.8. The number of nitrogen functional groups attached to an aromatic ring is 2. The van der Waals surface area contributed by atoms with Gasteiger partial charge in [0.2, 0.25) is 5.75 Å². The Balaban J connectivity index is 1.92. The summed E-state index contributed by atoms with van der Waals surface area (Å²) in [7, 11) is 1.48. The molecule has 2 aromatic carbocycles. The van der Waals surface area contributed by atoms with Crippen LogP contribution in [0.25, 0.3) is 0 Å². The zero-order chi connectivity index (χ0) is 16.9. The first-order valence-electron chi connectivity index (χ1n) is 7.12. The summed E-state index contributed by atoms with van der Waals surface area (Å²) in [5.41, 5.74) is 12.5. The van der Waals surface area contributed by atoms with Crippen molar-refractivity contribution >= 4 is 11.4 Å². The maximum atomic E-state index is 5.90. The maximum Gasteiger partial charge on any atom is 0.269 e. The quantitative estimate of drug-likeness (QED) is 0.694. The Morgan fingerprint density at radius 1 is 0.875 bits per heavy atom. The van der Waals surface area contributed by atoms with Crippen LogP contribution >= 0.6 is 0 Å². The molecule has 4 N–H and O–H groups in total. The molecule has 0 unspecified atom stereocenters. The third-order valence-electron chi connectivity index (χ3n) is 3.14. The van der Waals surface area contributed by atoms with Gasteiger partial charge in [0.05, 0.1) is 12.8 Å². The molecule has 7 nitrogen and oxygen atoms in total. The van der Waals surface area contributed by atoms with Crippen LogP contribution in [0.3, 0.4) is 0 Å². The lowest BCUT2D eigenvalue weighted by atomic mass is 10.2. The lowest BCUT2D eigenvalue weighted by molar-refractivity contribution is 0.337. The van der Waals surface area contributed by atoms with Gasteiger partial charge in [0.1, 0.15) is 12.1 Å². The Morgan fingerprint density at radius 3 is 2.25 bits per heavy atom. The van der Waals surface area contributed by atoms with Crippen molar-refractivity contribution in [1.82, 2.24) is 9.97 Å². The molecule has 0 atom stereocenters. The first-order chi connectivity index (χ1) is 11.7. The van der Waals surface area contributed by atoms with Gasteiger partial charge < -0.3 is 25.7 Å². The van der Waals surface area contributed by atoms with E-state index in [1.54, 1.807) is 30.3 Å². The minimum Gasteiger partial charge on any atom is -0.487 e. The summed E-state index contributed by atoms with van der Waals surface area (Å²) >= 11 is 0. The minimum absolute atomic E-state index is 0.190. The SMILES string of the molecule is COc1c(Oc2ccccc2)ncnc1Oc1ccc(N)cc1N. The molecule has 3 rings (SSSR count). The zero-order valence-electron chi connectivity index (χ0n) is 13.0. The van der Waals surface area contributed by atoms with E-state index in [1.807, 2.05) is 18.2 Å². The predicted octanol–water partition coefficient (Wildman–Crippen LogP) is 3.23. The molecule has 0 bridgehead atoms.